The van der Waals surface area contributed by atoms with Crippen molar-refractivity contribution in [1.29, 1.82) is 0 Å². The first-order valence-corrected chi connectivity index (χ1v) is 7.64. The number of rotatable bonds is 7. The fourth-order valence-electron chi connectivity index (χ4n) is 3.78. The molecule has 1 N–H and O–H groups in total. The molecule has 2 saturated carbocycles. The third kappa shape index (κ3) is 3.11. The molecule has 2 fully saturated rings. The maximum absolute atomic E-state index is 11.1. The second-order valence-electron chi connectivity index (χ2n) is 5.81. The monoisotopic (exact) mass is 269 g/mol. The van der Waals surface area contributed by atoms with Crippen LogP contribution < -0.4 is 5.32 Å². The largest absolute Gasteiger partial charge is 0.469 e. The Bertz CT molecular complexity index is 300. The van der Waals surface area contributed by atoms with Crippen LogP contribution in [0.25, 0.3) is 0 Å². The molecule has 19 heavy (non-hydrogen) atoms. The van der Waals surface area contributed by atoms with E-state index in [1.807, 2.05) is 0 Å². The highest BCUT2D eigenvalue weighted by atomic mass is 16.5. The number of carbonyl (C=O) groups is 1. The number of methoxy groups -OCH3 is 1. The molecule has 2 atom stereocenters. The van der Waals surface area contributed by atoms with Crippen LogP contribution in [0.4, 0.5) is 0 Å². The third-order valence-electron chi connectivity index (χ3n) is 4.86. The molecule has 2 aliphatic rings. The molecule has 2 unspecified atom stereocenters. The number of hydrogen-bond acceptors (Lipinski definition) is 4. The first-order chi connectivity index (χ1) is 9.23. The molecule has 0 saturated heterocycles. The van der Waals surface area contributed by atoms with E-state index in [1.165, 1.54) is 32.8 Å². The third-order valence-corrected chi connectivity index (χ3v) is 4.86. The normalized spacial score (nSPS) is 28.3. The van der Waals surface area contributed by atoms with Crippen LogP contribution in [0.3, 0.4) is 0 Å². The first-order valence-electron chi connectivity index (χ1n) is 7.64. The van der Waals surface area contributed by atoms with Crippen LogP contribution in [0.15, 0.2) is 0 Å². The van der Waals surface area contributed by atoms with Crippen LogP contribution in [0.5, 0.6) is 0 Å². The average molecular weight is 269 g/mol. The summed E-state index contributed by atoms with van der Waals surface area (Å²) in [6.07, 6.45) is 8.23. The summed E-state index contributed by atoms with van der Waals surface area (Å²) < 4.78 is 10.5. The number of carbonyl (C=O) groups excluding carboxylic acids is 1. The topological polar surface area (TPSA) is 47.6 Å². The maximum Gasteiger partial charge on any atom is 0.305 e. The van der Waals surface area contributed by atoms with Crippen molar-refractivity contribution in [2.75, 3.05) is 20.3 Å². The number of ether oxygens (including phenoxy) is 2. The van der Waals surface area contributed by atoms with Crippen molar-refractivity contribution in [3.05, 3.63) is 0 Å². The highest BCUT2D eigenvalue weighted by Gasteiger charge is 2.56. The van der Waals surface area contributed by atoms with Crippen molar-refractivity contribution < 1.29 is 14.3 Å². The molecule has 0 bridgehead atoms. The van der Waals surface area contributed by atoms with E-state index in [-0.39, 0.29) is 5.97 Å². The molecule has 0 aromatic carbocycles. The van der Waals surface area contributed by atoms with Gasteiger partial charge in [-0.1, -0.05) is 12.8 Å². The molecule has 1 spiro atoms. The lowest BCUT2D eigenvalue weighted by Crippen LogP contribution is -2.62. The quantitative estimate of drug-likeness (QED) is 0.569. The van der Waals surface area contributed by atoms with E-state index in [0.717, 1.165) is 26.0 Å². The molecular weight excluding hydrogens is 242 g/mol. The molecule has 0 heterocycles. The van der Waals surface area contributed by atoms with Crippen molar-refractivity contribution in [3.8, 4) is 0 Å². The number of nitrogens with one attached hydrogen (secondary N) is 1. The standard InChI is InChI=1S/C15H27NO3/c1-3-19-13-11-12(15(13)8-4-5-9-15)16-10-6-7-14(17)18-2/h12-13,16H,3-11H2,1-2H3. The highest BCUT2D eigenvalue weighted by Crippen LogP contribution is 2.54. The molecule has 0 radical (unpaired) electrons. The zero-order valence-electron chi connectivity index (χ0n) is 12.2. The summed E-state index contributed by atoms with van der Waals surface area (Å²) in [5, 5.41) is 3.63. The second-order valence-corrected chi connectivity index (χ2v) is 5.81. The van der Waals surface area contributed by atoms with Crippen LogP contribution in [0, 0.1) is 5.41 Å². The fourth-order valence-corrected chi connectivity index (χ4v) is 3.78. The van der Waals surface area contributed by atoms with E-state index in [1.54, 1.807) is 0 Å². The molecule has 4 nitrogen and oxygen atoms in total. The Hall–Kier alpha value is -0.610. The van der Waals surface area contributed by atoms with Gasteiger partial charge in [0.25, 0.3) is 0 Å². The van der Waals surface area contributed by atoms with Crippen LogP contribution in [0.2, 0.25) is 0 Å². The summed E-state index contributed by atoms with van der Waals surface area (Å²) in [7, 11) is 1.45. The van der Waals surface area contributed by atoms with Gasteiger partial charge in [-0.25, -0.2) is 0 Å². The molecule has 0 aromatic rings. The highest BCUT2D eigenvalue weighted by molar-refractivity contribution is 5.69. The van der Waals surface area contributed by atoms with E-state index >= 15 is 0 Å². The van der Waals surface area contributed by atoms with Crippen molar-refractivity contribution in [2.24, 2.45) is 5.41 Å². The lowest BCUT2D eigenvalue weighted by Gasteiger charge is -2.54. The van der Waals surface area contributed by atoms with Gasteiger partial charge in [-0.15, -0.1) is 0 Å². The van der Waals surface area contributed by atoms with Crippen molar-refractivity contribution in [1.82, 2.24) is 5.32 Å². The Labute approximate surface area is 116 Å². The van der Waals surface area contributed by atoms with Gasteiger partial charge in [-0.2, -0.15) is 0 Å². The zero-order valence-corrected chi connectivity index (χ0v) is 12.2. The summed E-state index contributed by atoms with van der Waals surface area (Å²) in [6.45, 7) is 3.81. The van der Waals surface area contributed by atoms with Gasteiger partial charge in [0.2, 0.25) is 0 Å². The van der Waals surface area contributed by atoms with Crippen LogP contribution in [0.1, 0.15) is 51.9 Å². The van der Waals surface area contributed by atoms with Gasteiger partial charge in [0.05, 0.1) is 13.2 Å². The first kappa shape index (κ1) is 14.8. The van der Waals surface area contributed by atoms with Gasteiger partial charge in [-0.05, 0) is 39.2 Å². The summed E-state index contributed by atoms with van der Waals surface area (Å²) in [5.74, 6) is -0.113. The minimum Gasteiger partial charge on any atom is -0.469 e. The maximum atomic E-state index is 11.1. The molecule has 0 aromatic heterocycles. The van der Waals surface area contributed by atoms with E-state index in [2.05, 4.69) is 17.0 Å². The van der Waals surface area contributed by atoms with Gasteiger partial charge in [0, 0.05) is 24.5 Å². The SMILES string of the molecule is CCOC1CC(NCCCC(=O)OC)C12CCCC2. The van der Waals surface area contributed by atoms with E-state index in [4.69, 9.17) is 4.74 Å². The van der Waals surface area contributed by atoms with Crippen LogP contribution >= 0.6 is 0 Å². The molecule has 0 aliphatic heterocycles. The lowest BCUT2D eigenvalue weighted by atomic mass is 9.60. The molecular formula is C15H27NO3. The number of esters is 1. The smallest absolute Gasteiger partial charge is 0.305 e. The zero-order chi connectivity index (χ0) is 13.7. The Morgan fingerprint density at radius 1 is 1.37 bits per heavy atom. The molecule has 4 heteroatoms. The van der Waals surface area contributed by atoms with Gasteiger partial charge in [0.15, 0.2) is 0 Å². The Morgan fingerprint density at radius 2 is 2.11 bits per heavy atom. The van der Waals surface area contributed by atoms with E-state index in [0.29, 0.717) is 24.0 Å². The fraction of sp³-hybridized carbons (Fsp3) is 0.933. The Balaban J connectivity index is 1.73. The van der Waals surface area contributed by atoms with Crippen LogP contribution in [-0.4, -0.2) is 38.4 Å². The minimum absolute atomic E-state index is 0.113. The Kier molecular flexibility index (Phi) is 5.22. The van der Waals surface area contributed by atoms with Gasteiger partial charge >= 0.3 is 5.97 Å². The molecule has 0 amide bonds. The second kappa shape index (κ2) is 6.71. The lowest BCUT2D eigenvalue weighted by molar-refractivity contribution is -0.141. The Morgan fingerprint density at radius 3 is 2.74 bits per heavy atom. The molecule has 2 aliphatic carbocycles. The van der Waals surface area contributed by atoms with Crippen molar-refractivity contribution >= 4 is 5.97 Å². The summed E-state index contributed by atoms with van der Waals surface area (Å²) in [6, 6.07) is 0.587. The van der Waals surface area contributed by atoms with Crippen LogP contribution in [-0.2, 0) is 14.3 Å². The minimum atomic E-state index is -0.113. The predicted octanol–water partition coefficient (Wildman–Crippen LogP) is 2.27. The average Bonchev–Trinajstić information content (AvgIpc) is 2.93. The summed E-state index contributed by atoms with van der Waals surface area (Å²) in [4.78, 5) is 11.1. The van der Waals surface area contributed by atoms with Gasteiger partial charge in [-0.3, -0.25) is 4.79 Å². The van der Waals surface area contributed by atoms with Gasteiger partial charge in [0.1, 0.15) is 0 Å². The van der Waals surface area contributed by atoms with Crippen molar-refractivity contribution in [3.63, 3.8) is 0 Å². The van der Waals surface area contributed by atoms with E-state index < -0.39 is 0 Å². The van der Waals surface area contributed by atoms with Crippen molar-refractivity contribution in [2.45, 2.75) is 64.0 Å². The van der Waals surface area contributed by atoms with E-state index in [9.17, 15) is 4.79 Å². The summed E-state index contributed by atoms with van der Waals surface area (Å²) in [5.41, 5.74) is 0.390. The van der Waals surface area contributed by atoms with Gasteiger partial charge < -0.3 is 14.8 Å². The predicted molar refractivity (Wildman–Crippen MR) is 74.0 cm³/mol. The number of hydrogen-bond donors (Lipinski definition) is 1. The molecule has 2 rings (SSSR count). The molecule has 110 valence electrons. The summed E-state index contributed by atoms with van der Waals surface area (Å²) >= 11 is 0.